The number of allylic oxidation sites excluding steroid dienone is 1. The van der Waals surface area contributed by atoms with E-state index in [4.69, 9.17) is 4.74 Å². The van der Waals surface area contributed by atoms with Crippen LogP contribution in [0.2, 0.25) is 0 Å². The zero-order valence-electron chi connectivity index (χ0n) is 15.3. The van der Waals surface area contributed by atoms with Crippen LogP contribution in [0.5, 0.6) is 0 Å². The summed E-state index contributed by atoms with van der Waals surface area (Å²) in [4.78, 5) is 0. The Balaban J connectivity index is 3.66. The Bertz CT molecular complexity index is 244. The zero-order valence-corrected chi connectivity index (χ0v) is 15.3. The fraction of sp³-hybridized carbons (Fsp3) is 0.810. The molecule has 22 heavy (non-hydrogen) atoms. The second-order valence-corrected chi connectivity index (χ2v) is 6.36. The molecule has 0 fully saturated rings. The van der Waals surface area contributed by atoms with Gasteiger partial charge in [-0.3, -0.25) is 0 Å². The van der Waals surface area contributed by atoms with Crippen LogP contribution in [-0.2, 0) is 4.74 Å². The molecular weight excluding hydrogens is 268 g/mol. The number of hydrogen-bond acceptors (Lipinski definition) is 1. The highest BCUT2D eigenvalue weighted by Gasteiger charge is 2.06. The first-order chi connectivity index (χ1) is 10.8. The monoisotopic (exact) mass is 308 g/mol. The number of unbranched alkanes of at least 4 members (excludes halogenated alkanes) is 9. The minimum absolute atomic E-state index is 0.385. The molecule has 0 saturated heterocycles. The second-order valence-electron chi connectivity index (χ2n) is 6.36. The van der Waals surface area contributed by atoms with Gasteiger partial charge in [0, 0.05) is 0 Å². The van der Waals surface area contributed by atoms with Gasteiger partial charge in [0.2, 0.25) is 0 Å². The van der Waals surface area contributed by atoms with Gasteiger partial charge in [0.1, 0.15) is 0 Å². The quantitative estimate of drug-likeness (QED) is 0.203. The Labute approximate surface area is 140 Å². The van der Waals surface area contributed by atoms with Gasteiger partial charge in [-0.05, 0) is 25.7 Å². The van der Waals surface area contributed by atoms with Crippen LogP contribution in [0.1, 0.15) is 97.3 Å². The molecule has 1 atom stereocenters. The molecule has 0 aromatic rings. The highest BCUT2D eigenvalue weighted by molar-refractivity contribution is 4.85. The SMILES string of the molecule is C=CCOC(C/C=C/CCCCCCCC)CCCCCC. The fourth-order valence-corrected chi connectivity index (χ4v) is 2.68. The minimum Gasteiger partial charge on any atom is -0.374 e. The average molecular weight is 309 g/mol. The lowest BCUT2D eigenvalue weighted by Crippen LogP contribution is -2.12. The van der Waals surface area contributed by atoms with Crippen molar-refractivity contribution in [3.8, 4) is 0 Å². The molecule has 0 radical (unpaired) electrons. The Morgan fingerprint density at radius 3 is 2.14 bits per heavy atom. The van der Waals surface area contributed by atoms with E-state index in [1.807, 2.05) is 6.08 Å². The van der Waals surface area contributed by atoms with E-state index in [1.54, 1.807) is 0 Å². The van der Waals surface area contributed by atoms with Crippen molar-refractivity contribution < 1.29 is 4.74 Å². The van der Waals surface area contributed by atoms with Gasteiger partial charge >= 0.3 is 0 Å². The van der Waals surface area contributed by atoms with E-state index in [2.05, 4.69) is 32.6 Å². The zero-order chi connectivity index (χ0) is 16.3. The molecule has 130 valence electrons. The molecule has 0 aromatic heterocycles. The highest BCUT2D eigenvalue weighted by Crippen LogP contribution is 2.13. The predicted molar refractivity (Wildman–Crippen MR) is 100 cm³/mol. The Hall–Kier alpha value is -0.560. The van der Waals surface area contributed by atoms with Crippen LogP contribution in [0.25, 0.3) is 0 Å². The summed E-state index contributed by atoms with van der Waals surface area (Å²) in [6, 6.07) is 0. The maximum atomic E-state index is 5.87. The van der Waals surface area contributed by atoms with Crippen LogP contribution in [0.3, 0.4) is 0 Å². The average Bonchev–Trinajstić information content (AvgIpc) is 2.54. The number of rotatable bonds is 17. The molecule has 0 heterocycles. The van der Waals surface area contributed by atoms with E-state index in [-0.39, 0.29) is 0 Å². The van der Waals surface area contributed by atoms with Gasteiger partial charge in [-0.2, -0.15) is 0 Å². The van der Waals surface area contributed by atoms with Crippen LogP contribution < -0.4 is 0 Å². The molecule has 0 N–H and O–H groups in total. The van der Waals surface area contributed by atoms with Crippen molar-refractivity contribution in [2.24, 2.45) is 0 Å². The molecular formula is C21H40O. The summed E-state index contributed by atoms with van der Waals surface area (Å²) in [7, 11) is 0. The normalized spacial score (nSPS) is 12.8. The molecule has 1 nitrogen and oxygen atoms in total. The molecule has 0 bridgehead atoms. The van der Waals surface area contributed by atoms with Crippen molar-refractivity contribution in [1.82, 2.24) is 0 Å². The molecule has 0 saturated carbocycles. The molecule has 1 heteroatoms. The smallest absolute Gasteiger partial charge is 0.0648 e. The van der Waals surface area contributed by atoms with Crippen molar-refractivity contribution >= 4 is 0 Å². The third-order valence-corrected chi connectivity index (χ3v) is 4.12. The van der Waals surface area contributed by atoms with Crippen LogP contribution in [0.4, 0.5) is 0 Å². The summed E-state index contributed by atoms with van der Waals surface area (Å²) in [5.41, 5.74) is 0. The van der Waals surface area contributed by atoms with Crippen molar-refractivity contribution in [3.63, 3.8) is 0 Å². The maximum Gasteiger partial charge on any atom is 0.0648 e. The molecule has 0 rings (SSSR count). The lowest BCUT2D eigenvalue weighted by Gasteiger charge is -2.15. The van der Waals surface area contributed by atoms with Crippen LogP contribution in [0, 0.1) is 0 Å². The van der Waals surface area contributed by atoms with Gasteiger partial charge in [-0.15, -0.1) is 6.58 Å². The maximum absolute atomic E-state index is 5.87. The number of ether oxygens (including phenoxy) is 1. The third kappa shape index (κ3) is 15.8. The van der Waals surface area contributed by atoms with Crippen molar-refractivity contribution in [1.29, 1.82) is 0 Å². The topological polar surface area (TPSA) is 9.23 Å². The lowest BCUT2D eigenvalue weighted by atomic mass is 10.1. The summed E-state index contributed by atoms with van der Waals surface area (Å²) in [6.45, 7) is 8.97. The Morgan fingerprint density at radius 2 is 1.45 bits per heavy atom. The van der Waals surface area contributed by atoms with Crippen LogP contribution >= 0.6 is 0 Å². The molecule has 0 aromatic carbocycles. The largest absolute Gasteiger partial charge is 0.374 e. The van der Waals surface area contributed by atoms with Crippen LogP contribution in [-0.4, -0.2) is 12.7 Å². The molecule has 0 aliphatic heterocycles. The second kappa shape index (κ2) is 18.5. The van der Waals surface area contributed by atoms with Crippen molar-refractivity contribution in [2.45, 2.75) is 103 Å². The Morgan fingerprint density at radius 1 is 0.818 bits per heavy atom. The van der Waals surface area contributed by atoms with Gasteiger partial charge in [-0.1, -0.05) is 89.9 Å². The fourth-order valence-electron chi connectivity index (χ4n) is 2.68. The van der Waals surface area contributed by atoms with E-state index in [9.17, 15) is 0 Å². The standard InChI is InChI=1S/C21H40O/c1-4-7-9-11-12-13-14-15-17-19-21(22-20-6-3)18-16-10-8-5-2/h6,15,17,21H,3-5,7-14,16,18-20H2,1-2H3/b17-15+. The lowest BCUT2D eigenvalue weighted by molar-refractivity contribution is 0.0681. The third-order valence-electron chi connectivity index (χ3n) is 4.12. The Kier molecular flexibility index (Phi) is 18.0. The summed E-state index contributed by atoms with van der Waals surface area (Å²) < 4.78 is 5.87. The summed E-state index contributed by atoms with van der Waals surface area (Å²) in [5, 5.41) is 0. The minimum atomic E-state index is 0.385. The first-order valence-electron chi connectivity index (χ1n) is 9.72. The van der Waals surface area contributed by atoms with Crippen LogP contribution in [0.15, 0.2) is 24.8 Å². The molecule has 0 amide bonds. The summed E-state index contributed by atoms with van der Waals surface area (Å²) in [6.07, 6.45) is 24.0. The first kappa shape index (κ1) is 21.4. The van der Waals surface area contributed by atoms with E-state index >= 15 is 0 Å². The van der Waals surface area contributed by atoms with Gasteiger partial charge in [0.15, 0.2) is 0 Å². The molecule has 0 aliphatic rings. The van der Waals surface area contributed by atoms with Crippen molar-refractivity contribution in [3.05, 3.63) is 24.8 Å². The van der Waals surface area contributed by atoms with Gasteiger partial charge in [0.05, 0.1) is 12.7 Å². The number of hydrogen-bond donors (Lipinski definition) is 0. The van der Waals surface area contributed by atoms with E-state index < -0.39 is 0 Å². The van der Waals surface area contributed by atoms with Crippen molar-refractivity contribution in [2.75, 3.05) is 6.61 Å². The van der Waals surface area contributed by atoms with Gasteiger partial charge < -0.3 is 4.74 Å². The van der Waals surface area contributed by atoms with E-state index in [0.717, 1.165) is 6.42 Å². The van der Waals surface area contributed by atoms with Gasteiger partial charge in [-0.25, -0.2) is 0 Å². The summed E-state index contributed by atoms with van der Waals surface area (Å²) >= 11 is 0. The molecule has 0 aliphatic carbocycles. The van der Waals surface area contributed by atoms with E-state index in [0.29, 0.717) is 12.7 Å². The molecule has 0 spiro atoms. The highest BCUT2D eigenvalue weighted by atomic mass is 16.5. The summed E-state index contributed by atoms with van der Waals surface area (Å²) in [5.74, 6) is 0. The van der Waals surface area contributed by atoms with Gasteiger partial charge in [0.25, 0.3) is 0 Å². The first-order valence-corrected chi connectivity index (χ1v) is 9.72. The predicted octanol–water partition coefficient (Wildman–Crippen LogP) is 7.22. The molecule has 1 unspecified atom stereocenters. The van der Waals surface area contributed by atoms with E-state index in [1.165, 1.54) is 77.0 Å².